The lowest BCUT2D eigenvalue weighted by molar-refractivity contribution is -0.523. The summed E-state index contributed by atoms with van der Waals surface area (Å²) >= 11 is 0. The molecular formula is C17H17N3O7. The number of nitrogens with zero attached hydrogens (tertiary/aromatic N) is 3. The maximum absolute atomic E-state index is 12.7. The fourth-order valence-corrected chi connectivity index (χ4v) is 4.12. The van der Waals surface area contributed by atoms with Crippen molar-refractivity contribution in [1.82, 2.24) is 0 Å². The first-order chi connectivity index (χ1) is 12.7. The van der Waals surface area contributed by atoms with Gasteiger partial charge in [0, 0.05) is 29.4 Å². The predicted molar refractivity (Wildman–Crippen MR) is 92.0 cm³/mol. The summed E-state index contributed by atoms with van der Waals surface area (Å²) in [5.41, 5.74) is -0.905. The molecule has 2 aliphatic rings. The molecule has 3 rings (SSSR count). The van der Waals surface area contributed by atoms with E-state index in [1.807, 2.05) is 0 Å². The molecule has 4 atom stereocenters. The molecule has 0 N–H and O–H groups in total. The van der Waals surface area contributed by atoms with Crippen LogP contribution in [0.5, 0.6) is 0 Å². The molecule has 0 saturated heterocycles. The lowest BCUT2D eigenvalue weighted by Gasteiger charge is -2.39. The van der Waals surface area contributed by atoms with Gasteiger partial charge in [-0.15, -0.1) is 0 Å². The van der Waals surface area contributed by atoms with Crippen LogP contribution in [0.1, 0.15) is 38.2 Å². The van der Waals surface area contributed by atoms with Crippen molar-refractivity contribution >= 4 is 23.0 Å². The van der Waals surface area contributed by atoms with E-state index in [-0.39, 0.29) is 30.0 Å². The van der Waals surface area contributed by atoms with Crippen LogP contribution in [0.3, 0.4) is 0 Å². The number of benzene rings is 1. The van der Waals surface area contributed by atoms with Gasteiger partial charge in [0.05, 0.1) is 17.3 Å². The average molecular weight is 375 g/mol. The van der Waals surface area contributed by atoms with Crippen LogP contribution in [0.4, 0.5) is 5.69 Å². The topological polar surface area (TPSA) is 142 Å². The molecule has 142 valence electrons. The van der Waals surface area contributed by atoms with E-state index >= 15 is 0 Å². The molecule has 27 heavy (non-hydrogen) atoms. The number of ketones is 2. The highest BCUT2D eigenvalue weighted by Gasteiger charge is 2.62. The second-order valence-electron chi connectivity index (χ2n) is 6.97. The fourth-order valence-electron chi connectivity index (χ4n) is 4.12. The van der Waals surface area contributed by atoms with Crippen molar-refractivity contribution in [3.05, 3.63) is 50.1 Å². The van der Waals surface area contributed by atoms with E-state index in [0.29, 0.717) is 5.56 Å². The summed E-state index contributed by atoms with van der Waals surface area (Å²) in [5, 5.41) is 26.2. The van der Waals surface area contributed by atoms with Gasteiger partial charge in [0.2, 0.25) is 5.60 Å². The van der Waals surface area contributed by atoms with Gasteiger partial charge in [-0.3, -0.25) is 29.8 Å². The van der Waals surface area contributed by atoms with Crippen molar-refractivity contribution in [2.75, 3.05) is 0 Å². The van der Waals surface area contributed by atoms with Crippen molar-refractivity contribution in [3.63, 3.8) is 0 Å². The number of carbonyl (C=O) groups excluding carboxylic acids is 2. The summed E-state index contributed by atoms with van der Waals surface area (Å²) in [6.45, 7) is 2.76. The molecule has 1 fully saturated rings. The Labute approximate surface area is 153 Å². The minimum atomic E-state index is -1.46. The third-order valence-corrected chi connectivity index (χ3v) is 5.23. The van der Waals surface area contributed by atoms with E-state index in [9.17, 15) is 29.8 Å². The molecule has 1 spiro atoms. The van der Waals surface area contributed by atoms with Crippen molar-refractivity contribution in [2.24, 2.45) is 11.1 Å². The Morgan fingerprint density at radius 1 is 1.26 bits per heavy atom. The minimum absolute atomic E-state index is 0.0350. The molecule has 1 heterocycles. The zero-order valence-electron chi connectivity index (χ0n) is 14.7. The van der Waals surface area contributed by atoms with E-state index in [1.54, 1.807) is 0 Å². The van der Waals surface area contributed by atoms with E-state index in [4.69, 9.17) is 4.84 Å². The third kappa shape index (κ3) is 3.07. The van der Waals surface area contributed by atoms with E-state index in [1.165, 1.54) is 38.1 Å². The van der Waals surface area contributed by atoms with Crippen LogP contribution in [-0.2, 0) is 14.4 Å². The smallest absolute Gasteiger partial charge is 0.295 e. The summed E-state index contributed by atoms with van der Waals surface area (Å²) in [5.74, 6) is -2.47. The fraction of sp³-hybridized carbons (Fsp3) is 0.471. The number of hydrogen-bond donors (Lipinski definition) is 0. The molecule has 1 aromatic rings. The maximum atomic E-state index is 12.7. The maximum Gasteiger partial charge on any atom is 0.295 e. The first-order valence-corrected chi connectivity index (χ1v) is 8.30. The van der Waals surface area contributed by atoms with Gasteiger partial charge >= 0.3 is 0 Å². The van der Waals surface area contributed by atoms with Crippen LogP contribution < -0.4 is 0 Å². The number of nitro benzene ring substituents is 1. The highest BCUT2D eigenvalue weighted by molar-refractivity contribution is 6.04. The Morgan fingerprint density at radius 3 is 2.41 bits per heavy atom. The zero-order valence-corrected chi connectivity index (χ0v) is 14.7. The molecule has 0 radical (unpaired) electrons. The summed E-state index contributed by atoms with van der Waals surface area (Å²) in [7, 11) is 0. The predicted octanol–water partition coefficient (Wildman–Crippen LogP) is 2.04. The van der Waals surface area contributed by atoms with Crippen molar-refractivity contribution in [3.8, 4) is 0 Å². The first-order valence-electron chi connectivity index (χ1n) is 8.30. The van der Waals surface area contributed by atoms with E-state index in [2.05, 4.69) is 5.16 Å². The molecular weight excluding hydrogens is 358 g/mol. The van der Waals surface area contributed by atoms with Gasteiger partial charge < -0.3 is 4.84 Å². The summed E-state index contributed by atoms with van der Waals surface area (Å²) < 4.78 is 0. The number of nitro groups is 2. The quantitative estimate of drug-likeness (QED) is 0.445. The Bertz CT molecular complexity index is 864. The van der Waals surface area contributed by atoms with Crippen molar-refractivity contribution in [1.29, 1.82) is 0 Å². The summed E-state index contributed by atoms with van der Waals surface area (Å²) in [4.78, 5) is 51.6. The molecule has 10 heteroatoms. The molecule has 1 saturated carbocycles. The monoisotopic (exact) mass is 375 g/mol. The number of Topliss-reactive ketones (excluding diaryl/α,β-unsaturated/α-hetero) is 2. The van der Waals surface area contributed by atoms with Gasteiger partial charge in [0.1, 0.15) is 17.3 Å². The third-order valence-electron chi connectivity index (χ3n) is 5.23. The van der Waals surface area contributed by atoms with Crippen LogP contribution in [0, 0.1) is 26.1 Å². The van der Waals surface area contributed by atoms with Gasteiger partial charge in [-0.1, -0.05) is 17.3 Å². The summed E-state index contributed by atoms with van der Waals surface area (Å²) in [6, 6.07) is 4.21. The Morgan fingerprint density at radius 2 is 1.89 bits per heavy atom. The van der Waals surface area contributed by atoms with Crippen LogP contribution in [0.2, 0.25) is 0 Å². The van der Waals surface area contributed by atoms with Gasteiger partial charge in [0.25, 0.3) is 11.7 Å². The molecule has 0 bridgehead atoms. The number of rotatable bonds is 4. The Hall–Kier alpha value is -3.17. The number of carbonyl (C=O) groups is 2. The Kier molecular flexibility index (Phi) is 4.50. The standard InChI is InChI=1S/C17H17N3O7/c1-9-16(20(25)26)17(27-18-9)7-13(15(10(2)21)14(22)8-17)11-3-5-12(6-4-11)19(23)24/h3-6,13,15-16H,7-8H2,1-2H3/t13-,15-,16-,17+/m0/s1. The molecule has 10 nitrogen and oxygen atoms in total. The lowest BCUT2D eigenvalue weighted by Crippen LogP contribution is -2.55. The van der Waals surface area contributed by atoms with E-state index < -0.39 is 39.1 Å². The highest BCUT2D eigenvalue weighted by Crippen LogP contribution is 2.47. The molecule has 0 amide bonds. The Balaban J connectivity index is 2.03. The number of oxime groups is 1. The lowest BCUT2D eigenvalue weighted by atomic mass is 9.64. The van der Waals surface area contributed by atoms with Gasteiger partial charge in [0.15, 0.2) is 0 Å². The molecule has 1 aliphatic carbocycles. The van der Waals surface area contributed by atoms with Crippen LogP contribution in [0.25, 0.3) is 0 Å². The number of hydrogen-bond acceptors (Lipinski definition) is 8. The zero-order chi connectivity index (χ0) is 19.9. The van der Waals surface area contributed by atoms with Crippen LogP contribution in [-0.4, -0.2) is 38.8 Å². The van der Waals surface area contributed by atoms with Crippen molar-refractivity contribution in [2.45, 2.75) is 44.2 Å². The van der Waals surface area contributed by atoms with Crippen LogP contribution in [0.15, 0.2) is 29.4 Å². The van der Waals surface area contributed by atoms with E-state index in [0.717, 1.165) is 0 Å². The molecule has 1 aromatic carbocycles. The second kappa shape index (κ2) is 6.53. The average Bonchev–Trinajstić information content (AvgIpc) is 2.89. The largest absolute Gasteiger partial charge is 0.381 e. The van der Waals surface area contributed by atoms with Crippen molar-refractivity contribution < 1.29 is 24.3 Å². The summed E-state index contributed by atoms with van der Waals surface area (Å²) in [6.07, 6.45) is -0.250. The van der Waals surface area contributed by atoms with Gasteiger partial charge in [-0.05, 0) is 19.4 Å². The van der Waals surface area contributed by atoms with Gasteiger partial charge in [-0.25, -0.2) is 0 Å². The van der Waals surface area contributed by atoms with Gasteiger partial charge in [-0.2, -0.15) is 0 Å². The molecule has 0 unspecified atom stereocenters. The SMILES string of the molecule is CC(=O)[C@@H]1C(=O)C[C@@]2(C[C@H]1c1ccc([N+](=O)[O-])cc1)ON=C(C)[C@@H]2[N+](=O)[O-]. The number of non-ortho nitro benzene ring substituents is 1. The normalized spacial score (nSPS) is 29.9. The second-order valence-corrected chi connectivity index (χ2v) is 6.97. The molecule has 1 aliphatic heterocycles. The minimum Gasteiger partial charge on any atom is -0.381 e. The van der Waals surface area contributed by atoms with Crippen LogP contribution >= 0.6 is 0 Å². The highest BCUT2D eigenvalue weighted by atomic mass is 16.7. The molecule has 0 aromatic heterocycles. The first kappa shape index (κ1) is 18.6.